The number of piperazine rings is 1. The van der Waals surface area contributed by atoms with E-state index in [4.69, 9.17) is 14.5 Å². The summed E-state index contributed by atoms with van der Waals surface area (Å²) >= 11 is 0. The molecule has 0 saturated carbocycles. The molecule has 2 aliphatic rings. The maximum absolute atomic E-state index is 12.5. The molecule has 0 bridgehead atoms. The predicted octanol–water partition coefficient (Wildman–Crippen LogP) is 1.29. The Hall–Kier alpha value is -3.89. The second-order valence-electron chi connectivity index (χ2n) is 8.13. The van der Waals surface area contributed by atoms with Gasteiger partial charge >= 0.3 is 6.09 Å². The fourth-order valence-corrected chi connectivity index (χ4v) is 4.22. The van der Waals surface area contributed by atoms with Crippen LogP contribution in [0, 0.1) is 0 Å². The van der Waals surface area contributed by atoms with Crippen LogP contribution in [-0.4, -0.2) is 94.4 Å². The van der Waals surface area contributed by atoms with Crippen molar-refractivity contribution in [3.8, 4) is 17.0 Å². The molecule has 2 amide bonds. The Bertz CT molecular complexity index is 1190. The van der Waals surface area contributed by atoms with E-state index in [9.17, 15) is 9.59 Å². The summed E-state index contributed by atoms with van der Waals surface area (Å²) in [6.45, 7) is 2.74. The first-order chi connectivity index (χ1) is 16.0. The van der Waals surface area contributed by atoms with Crippen molar-refractivity contribution in [3.05, 3.63) is 36.8 Å². The number of anilines is 1. The van der Waals surface area contributed by atoms with Crippen LogP contribution in [0.25, 0.3) is 16.8 Å². The smallest absolute Gasteiger partial charge is 0.410 e. The van der Waals surface area contributed by atoms with E-state index in [1.54, 1.807) is 40.9 Å². The number of ether oxygens (including phenoxy) is 2. The van der Waals surface area contributed by atoms with Crippen LogP contribution in [0.3, 0.4) is 0 Å². The summed E-state index contributed by atoms with van der Waals surface area (Å²) in [4.78, 5) is 38.7. The van der Waals surface area contributed by atoms with E-state index in [1.165, 1.54) is 0 Å². The summed E-state index contributed by atoms with van der Waals surface area (Å²) in [5, 5.41) is 4.41. The molecule has 11 heteroatoms. The highest BCUT2D eigenvalue weighted by Gasteiger charge is 2.32. The lowest BCUT2D eigenvalue weighted by Crippen LogP contribution is -2.49. The normalized spacial score (nSPS) is 18.8. The molecule has 3 aromatic heterocycles. The molecule has 2 saturated heterocycles. The highest BCUT2D eigenvalue weighted by Crippen LogP contribution is 2.31. The lowest BCUT2D eigenvalue weighted by atomic mass is 10.1. The van der Waals surface area contributed by atoms with E-state index in [2.05, 4.69) is 15.0 Å². The van der Waals surface area contributed by atoms with Gasteiger partial charge in [0.1, 0.15) is 11.9 Å². The van der Waals surface area contributed by atoms with Gasteiger partial charge in [0.25, 0.3) is 0 Å². The highest BCUT2D eigenvalue weighted by molar-refractivity contribution is 5.81. The van der Waals surface area contributed by atoms with Gasteiger partial charge in [0.05, 0.1) is 31.8 Å². The molecule has 0 radical (unpaired) electrons. The molecule has 0 aliphatic carbocycles. The number of carbonyl (C=O) groups is 2. The first-order valence-electron chi connectivity index (χ1n) is 10.8. The van der Waals surface area contributed by atoms with Crippen LogP contribution >= 0.6 is 0 Å². The average Bonchev–Trinajstić information content (AvgIpc) is 3.40. The van der Waals surface area contributed by atoms with Gasteiger partial charge in [-0.25, -0.2) is 19.3 Å². The van der Waals surface area contributed by atoms with Crippen molar-refractivity contribution < 1.29 is 19.1 Å². The first kappa shape index (κ1) is 21.0. The van der Waals surface area contributed by atoms with Crippen LogP contribution in [0.4, 0.5) is 10.6 Å². The molecule has 11 nitrogen and oxygen atoms in total. The van der Waals surface area contributed by atoms with Gasteiger partial charge in [0.2, 0.25) is 11.8 Å². The van der Waals surface area contributed by atoms with Gasteiger partial charge in [-0.1, -0.05) is 0 Å². The van der Waals surface area contributed by atoms with Crippen LogP contribution in [0.1, 0.15) is 6.42 Å². The zero-order chi connectivity index (χ0) is 22.9. The second-order valence-corrected chi connectivity index (χ2v) is 8.13. The summed E-state index contributed by atoms with van der Waals surface area (Å²) in [5.41, 5.74) is 2.36. The van der Waals surface area contributed by atoms with Crippen LogP contribution in [0.5, 0.6) is 5.88 Å². The molecule has 5 heterocycles. The summed E-state index contributed by atoms with van der Waals surface area (Å²) in [6, 6.07) is 5.69. The van der Waals surface area contributed by atoms with Crippen molar-refractivity contribution in [2.45, 2.75) is 12.5 Å². The fourth-order valence-electron chi connectivity index (χ4n) is 4.22. The number of likely N-dealkylation sites (N-methyl/N-ethyl adjacent to an activating group) is 1. The van der Waals surface area contributed by atoms with Crippen molar-refractivity contribution in [1.82, 2.24) is 29.4 Å². The second kappa shape index (κ2) is 8.57. The van der Waals surface area contributed by atoms with E-state index >= 15 is 0 Å². The van der Waals surface area contributed by atoms with Gasteiger partial charge in [-0.2, -0.15) is 5.10 Å². The summed E-state index contributed by atoms with van der Waals surface area (Å²) in [5.74, 6) is 1.33. The Labute approximate surface area is 190 Å². The molecule has 5 rings (SSSR count). The number of aromatic nitrogens is 4. The molecule has 2 aliphatic heterocycles. The van der Waals surface area contributed by atoms with Gasteiger partial charge in [-0.15, -0.1) is 0 Å². The molecular formula is C22H25N7O4. The maximum atomic E-state index is 12.5. The van der Waals surface area contributed by atoms with E-state index in [1.807, 2.05) is 24.4 Å². The third-order valence-corrected chi connectivity index (χ3v) is 6.04. The zero-order valence-corrected chi connectivity index (χ0v) is 18.5. The van der Waals surface area contributed by atoms with E-state index in [-0.39, 0.29) is 24.5 Å². The number of fused-ring (bicyclic) bond motifs is 1. The van der Waals surface area contributed by atoms with Crippen molar-refractivity contribution in [2.24, 2.45) is 0 Å². The summed E-state index contributed by atoms with van der Waals surface area (Å²) in [6.07, 6.45) is 4.82. The van der Waals surface area contributed by atoms with E-state index < -0.39 is 0 Å². The fraction of sp³-hybridized carbons (Fsp3) is 0.409. The third-order valence-electron chi connectivity index (χ3n) is 6.04. The minimum absolute atomic E-state index is 0.00207. The molecule has 0 spiro atoms. The highest BCUT2D eigenvalue weighted by atomic mass is 16.6. The van der Waals surface area contributed by atoms with E-state index in [0.717, 1.165) is 16.9 Å². The molecule has 172 valence electrons. The monoisotopic (exact) mass is 451 g/mol. The van der Waals surface area contributed by atoms with Crippen molar-refractivity contribution in [2.75, 3.05) is 51.8 Å². The molecule has 0 aromatic carbocycles. The number of amides is 2. The molecule has 2 fully saturated rings. The van der Waals surface area contributed by atoms with Crippen LogP contribution in [0.15, 0.2) is 36.8 Å². The van der Waals surface area contributed by atoms with Gasteiger partial charge in [0, 0.05) is 51.2 Å². The topological polar surface area (TPSA) is 105 Å². The van der Waals surface area contributed by atoms with Crippen LogP contribution in [0.2, 0.25) is 0 Å². The standard InChI is InChI=1S/C22H25N7O4/c1-26-14-15(12-19(26)30)33-22(31)28-10-8-27(9-11-28)18-5-7-29-20(25-18)17(13-24-29)16-4-3-6-23-21(16)32-2/h3-7,13,15H,8-12,14H2,1-2H3/t15-/m0/s1. The predicted molar refractivity (Wildman–Crippen MR) is 119 cm³/mol. The number of pyridine rings is 1. The quantitative estimate of drug-likeness (QED) is 0.584. The average molecular weight is 451 g/mol. The lowest BCUT2D eigenvalue weighted by molar-refractivity contribution is -0.126. The molecule has 3 aromatic rings. The van der Waals surface area contributed by atoms with Crippen LogP contribution < -0.4 is 9.64 Å². The minimum Gasteiger partial charge on any atom is -0.481 e. The van der Waals surface area contributed by atoms with Gasteiger partial charge < -0.3 is 24.2 Å². The SMILES string of the molecule is COc1ncccc1-c1cnn2ccc(N3CCN(C(=O)O[C@H]4CC(=O)N(C)C4)CC3)nc12. The maximum Gasteiger partial charge on any atom is 0.410 e. The number of hydrogen-bond donors (Lipinski definition) is 0. The molecule has 1 atom stereocenters. The summed E-state index contributed by atoms with van der Waals surface area (Å²) < 4.78 is 12.6. The molecule has 33 heavy (non-hydrogen) atoms. The van der Waals surface area contributed by atoms with E-state index in [0.29, 0.717) is 44.3 Å². The van der Waals surface area contributed by atoms with Gasteiger partial charge in [0.15, 0.2) is 5.65 Å². The largest absolute Gasteiger partial charge is 0.481 e. The zero-order valence-electron chi connectivity index (χ0n) is 18.5. The molecular weight excluding hydrogens is 426 g/mol. The minimum atomic E-state index is -0.373. The number of nitrogens with zero attached hydrogens (tertiary/aromatic N) is 7. The number of likely N-dealkylation sites (tertiary alicyclic amines) is 1. The summed E-state index contributed by atoms with van der Waals surface area (Å²) in [7, 11) is 3.30. The van der Waals surface area contributed by atoms with Gasteiger partial charge in [-0.3, -0.25) is 4.79 Å². The molecule has 0 unspecified atom stereocenters. The number of methoxy groups -OCH3 is 1. The Kier molecular flexibility index (Phi) is 5.45. The lowest BCUT2D eigenvalue weighted by Gasteiger charge is -2.35. The van der Waals surface area contributed by atoms with Crippen molar-refractivity contribution in [3.63, 3.8) is 0 Å². The molecule has 0 N–H and O–H groups in total. The van der Waals surface area contributed by atoms with Crippen molar-refractivity contribution >= 4 is 23.5 Å². The van der Waals surface area contributed by atoms with Gasteiger partial charge in [-0.05, 0) is 18.2 Å². The Morgan fingerprint density at radius 2 is 1.97 bits per heavy atom. The van der Waals surface area contributed by atoms with Crippen LogP contribution in [-0.2, 0) is 9.53 Å². The number of hydrogen-bond acceptors (Lipinski definition) is 8. The first-order valence-corrected chi connectivity index (χ1v) is 10.8. The Morgan fingerprint density at radius 1 is 1.15 bits per heavy atom. The van der Waals surface area contributed by atoms with Crippen molar-refractivity contribution in [1.29, 1.82) is 0 Å². The number of carbonyl (C=O) groups excluding carboxylic acids is 2. The Balaban J connectivity index is 1.28. The number of rotatable bonds is 4. The Morgan fingerprint density at radius 3 is 2.70 bits per heavy atom. The third kappa shape index (κ3) is 4.01.